The topological polar surface area (TPSA) is 114 Å². The van der Waals surface area contributed by atoms with Gasteiger partial charge in [0.2, 0.25) is 5.91 Å². The van der Waals surface area contributed by atoms with Gasteiger partial charge in [-0.05, 0) is 35.1 Å². The van der Waals surface area contributed by atoms with E-state index in [4.69, 9.17) is 14.6 Å². The van der Waals surface area contributed by atoms with Crippen molar-refractivity contribution >= 4 is 18.0 Å². The summed E-state index contributed by atoms with van der Waals surface area (Å²) in [5, 5.41) is 13.9. The lowest BCUT2D eigenvalue weighted by atomic mass is 9.98. The summed E-state index contributed by atoms with van der Waals surface area (Å²) >= 11 is 0. The molecule has 0 bridgehead atoms. The van der Waals surface area contributed by atoms with Crippen LogP contribution in [0.1, 0.15) is 36.3 Å². The van der Waals surface area contributed by atoms with Gasteiger partial charge in [-0.15, -0.1) is 0 Å². The number of rotatable bonds is 8. The van der Waals surface area contributed by atoms with Crippen molar-refractivity contribution in [2.45, 2.75) is 37.4 Å². The van der Waals surface area contributed by atoms with Gasteiger partial charge in [0.1, 0.15) is 12.7 Å². The van der Waals surface area contributed by atoms with Crippen LogP contribution in [0.3, 0.4) is 0 Å². The Bertz CT molecular complexity index is 962. The SMILES string of the molecule is O=C(O)CCNC(=O)C1CCC(CNC(=O)OCC2c3ccccc3-c3ccccc32)O1. The third-order valence-electron chi connectivity index (χ3n) is 5.86. The van der Waals surface area contributed by atoms with E-state index in [1.54, 1.807) is 0 Å². The van der Waals surface area contributed by atoms with Gasteiger partial charge in [0, 0.05) is 19.0 Å². The monoisotopic (exact) mass is 438 g/mol. The maximum Gasteiger partial charge on any atom is 0.407 e. The van der Waals surface area contributed by atoms with E-state index in [1.165, 1.54) is 11.1 Å². The van der Waals surface area contributed by atoms with Crippen molar-refractivity contribution in [3.8, 4) is 11.1 Å². The molecule has 3 N–H and O–H groups in total. The molecule has 0 radical (unpaired) electrons. The zero-order chi connectivity index (χ0) is 22.5. The van der Waals surface area contributed by atoms with Gasteiger partial charge >= 0.3 is 12.1 Å². The van der Waals surface area contributed by atoms with Crippen molar-refractivity contribution in [3.05, 3.63) is 59.7 Å². The molecule has 1 fully saturated rings. The first-order valence-corrected chi connectivity index (χ1v) is 10.8. The highest BCUT2D eigenvalue weighted by Crippen LogP contribution is 2.44. The molecule has 8 heteroatoms. The minimum atomic E-state index is -0.970. The number of carboxylic acids is 1. The third kappa shape index (κ3) is 4.91. The predicted molar refractivity (Wildman–Crippen MR) is 116 cm³/mol. The Hall–Kier alpha value is -3.39. The number of hydrogen-bond donors (Lipinski definition) is 3. The molecule has 8 nitrogen and oxygen atoms in total. The summed E-state index contributed by atoms with van der Waals surface area (Å²) < 4.78 is 11.2. The van der Waals surface area contributed by atoms with Gasteiger partial charge in [-0.2, -0.15) is 0 Å². The molecule has 0 aromatic heterocycles. The van der Waals surface area contributed by atoms with Gasteiger partial charge in [0.25, 0.3) is 0 Å². The minimum Gasteiger partial charge on any atom is -0.481 e. The number of nitrogens with one attached hydrogen (secondary N) is 2. The Labute approximate surface area is 185 Å². The normalized spacial score (nSPS) is 19.1. The molecule has 1 saturated heterocycles. The molecule has 1 aliphatic heterocycles. The molecule has 1 aliphatic carbocycles. The van der Waals surface area contributed by atoms with Gasteiger partial charge in [0.15, 0.2) is 0 Å². The zero-order valence-corrected chi connectivity index (χ0v) is 17.6. The van der Waals surface area contributed by atoms with Gasteiger partial charge in [-0.3, -0.25) is 9.59 Å². The molecule has 2 aromatic rings. The smallest absolute Gasteiger partial charge is 0.407 e. The molecule has 32 heavy (non-hydrogen) atoms. The van der Waals surface area contributed by atoms with Crippen LogP contribution in [0.15, 0.2) is 48.5 Å². The highest BCUT2D eigenvalue weighted by molar-refractivity contribution is 5.81. The Balaban J connectivity index is 1.23. The Morgan fingerprint density at radius 2 is 1.62 bits per heavy atom. The second-order valence-electron chi connectivity index (χ2n) is 7.97. The number of benzene rings is 2. The number of aliphatic carboxylic acids is 1. The molecule has 2 aliphatic rings. The number of carbonyl (C=O) groups is 3. The second kappa shape index (κ2) is 9.82. The summed E-state index contributed by atoms with van der Waals surface area (Å²) in [5.41, 5.74) is 4.64. The van der Waals surface area contributed by atoms with Gasteiger partial charge in [-0.25, -0.2) is 4.79 Å². The highest BCUT2D eigenvalue weighted by Gasteiger charge is 2.32. The van der Waals surface area contributed by atoms with E-state index in [0.717, 1.165) is 11.1 Å². The number of ether oxygens (including phenoxy) is 2. The second-order valence-corrected chi connectivity index (χ2v) is 7.97. The average Bonchev–Trinajstić information content (AvgIpc) is 3.39. The maximum atomic E-state index is 12.3. The molecule has 4 rings (SSSR count). The fraction of sp³-hybridized carbons (Fsp3) is 0.375. The molecule has 2 atom stereocenters. The first-order valence-electron chi connectivity index (χ1n) is 10.8. The Kier molecular flexibility index (Phi) is 6.70. The van der Waals surface area contributed by atoms with E-state index >= 15 is 0 Å². The lowest BCUT2D eigenvalue weighted by molar-refractivity contribution is -0.137. The van der Waals surface area contributed by atoms with Crippen LogP contribution in [0.4, 0.5) is 4.79 Å². The summed E-state index contributed by atoms with van der Waals surface area (Å²) in [4.78, 5) is 34.8. The van der Waals surface area contributed by atoms with Crippen LogP contribution in [0.5, 0.6) is 0 Å². The maximum absolute atomic E-state index is 12.3. The van der Waals surface area contributed by atoms with Crippen LogP contribution in [-0.4, -0.2) is 55.0 Å². The quantitative estimate of drug-likeness (QED) is 0.584. The van der Waals surface area contributed by atoms with Crippen molar-refractivity contribution in [2.75, 3.05) is 19.7 Å². The fourth-order valence-electron chi connectivity index (χ4n) is 4.30. The van der Waals surface area contributed by atoms with Crippen LogP contribution in [0.25, 0.3) is 11.1 Å². The van der Waals surface area contributed by atoms with E-state index in [0.29, 0.717) is 12.8 Å². The lowest BCUT2D eigenvalue weighted by Crippen LogP contribution is -2.38. The van der Waals surface area contributed by atoms with Crippen molar-refractivity contribution < 1.29 is 29.0 Å². The average molecular weight is 438 g/mol. The first-order chi connectivity index (χ1) is 15.5. The molecule has 2 aromatic carbocycles. The molecular weight excluding hydrogens is 412 g/mol. The van der Waals surface area contributed by atoms with Gasteiger partial charge in [-0.1, -0.05) is 48.5 Å². The Morgan fingerprint density at radius 3 is 2.28 bits per heavy atom. The molecular formula is C24H26N2O6. The van der Waals surface area contributed by atoms with Crippen LogP contribution in [-0.2, 0) is 19.1 Å². The van der Waals surface area contributed by atoms with Crippen molar-refractivity contribution in [1.82, 2.24) is 10.6 Å². The third-order valence-corrected chi connectivity index (χ3v) is 5.86. The van der Waals surface area contributed by atoms with Crippen LogP contribution < -0.4 is 10.6 Å². The van der Waals surface area contributed by atoms with Crippen molar-refractivity contribution in [3.63, 3.8) is 0 Å². The number of hydrogen-bond acceptors (Lipinski definition) is 5. The molecule has 0 spiro atoms. The molecule has 0 saturated carbocycles. The molecule has 2 amide bonds. The van der Waals surface area contributed by atoms with E-state index in [9.17, 15) is 14.4 Å². The van der Waals surface area contributed by atoms with Gasteiger partial charge < -0.3 is 25.2 Å². The summed E-state index contributed by atoms with van der Waals surface area (Å²) in [6.45, 7) is 0.548. The summed E-state index contributed by atoms with van der Waals surface area (Å²) in [6.07, 6.45) is -0.421. The first kappa shape index (κ1) is 21.8. The number of carbonyl (C=O) groups excluding carboxylic acids is 2. The van der Waals surface area contributed by atoms with Crippen molar-refractivity contribution in [1.29, 1.82) is 0 Å². The van der Waals surface area contributed by atoms with Crippen LogP contribution in [0.2, 0.25) is 0 Å². The van der Waals surface area contributed by atoms with Crippen molar-refractivity contribution in [2.24, 2.45) is 0 Å². The summed E-state index contributed by atoms with van der Waals surface area (Å²) in [7, 11) is 0. The van der Waals surface area contributed by atoms with Crippen LogP contribution >= 0.6 is 0 Å². The summed E-state index contributed by atoms with van der Waals surface area (Å²) in [6, 6.07) is 16.3. The van der Waals surface area contributed by atoms with E-state index in [-0.39, 0.29) is 44.0 Å². The zero-order valence-electron chi connectivity index (χ0n) is 17.6. The largest absolute Gasteiger partial charge is 0.481 e. The standard InChI is InChI=1S/C24H26N2O6/c27-22(28)11-12-25-23(29)21-10-9-15(32-21)13-26-24(30)31-14-20-18-7-3-1-5-16(18)17-6-2-4-8-19(17)20/h1-8,15,20-21H,9-14H2,(H,25,29)(H,26,30)(H,27,28). The predicted octanol–water partition coefficient (Wildman–Crippen LogP) is 2.66. The summed E-state index contributed by atoms with van der Waals surface area (Å²) in [5.74, 6) is -1.30. The fourth-order valence-corrected chi connectivity index (χ4v) is 4.30. The lowest BCUT2D eigenvalue weighted by Gasteiger charge is -2.16. The van der Waals surface area contributed by atoms with Gasteiger partial charge in [0.05, 0.1) is 12.5 Å². The highest BCUT2D eigenvalue weighted by atomic mass is 16.5. The molecule has 2 unspecified atom stereocenters. The van der Waals surface area contributed by atoms with E-state index < -0.39 is 18.2 Å². The van der Waals surface area contributed by atoms with E-state index in [2.05, 4.69) is 34.9 Å². The Morgan fingerprint density at radius 1 is 0.969 bits per heavy atom. The molecule has 1 heterocycles. The number of carboxylic acid groups (broad SMARTS) is 1. The number of fused-ring (bicyclic) bond motifs is 3. The molecule has 168 valence electrons. The number of amides is 2. The van der Waals surface area contributed by atoms with Crippen LogP contribution in [0, 0.1) is 0 Å². The number of alkyl carbamates (subject to hydrolysis) is 1. The van der Waals surface area contributed by atoms with E-state index in [1.807, 2.05) is 24.3 Å². The minimum absolute atomic E-state index is 0.00485.